The van der Waals surface area contributed by atoms with Crippen LogP contribution in [0.4, 0.5) is 0 Å². The highest BCUT2D eigenvalue weighted by Crippen LogP contribution is 2.48. The lowest BCUT2D eigenvalue weighted by atomic mass is 9.88. The Morgan fingerprint density at radius 3 is 2.76 bits per heavy atom. The maximum Gasteiger partial charge on any atom is 0.0548 e. The number of halogens is 2. The molecule has 2 saturated carbocycles. The average Bonchev–Trinajstić information content (AvgIpc) is 3.06. The first-order valence-corrected chi connectivity index (χ1v) is 9.10. The summed E-state index contributed by atoms with van der Waals surface area (Å²) < 4.78 is 0.952. The molecular formula is C17H24BrClN2. The van der Waals surface area contributed by atoms with Gasteiger partial charge in [-0.3, -0.25) is 4.90 Å². The lowest BCUT2D eigenvalue weighted by Gasteiger charge is -2.33. The van der Waals surface area contributed by atoms with Crippen molar-refractivity contribution in [1.82, 2.24) is 4.90 Å². The molecule has 0 spiro atoms. The Morgan fingerprint density at radius 2 is 2.19 bits per heavy atom. The van der Waals surface area contributed by atoms with E-state index in [1.165, 1.54) is 37.8 Å². The van der Waals surface area contributed by atoms with Crippen LogP contribution in [-0.4, -0.2) is 25.0 Å². The van der Waals surface area contributed by atoms with Crippen LogP contribution in [0.25, 0.3) is 0 Å². The predicted octanol–water partition coefficient (Wildman–Crippen LogP) is 4.47. The van der Waals surface area contributed by atoms with Crippen LogP contribution in [0.2, 0.25) is 5.02 Å². The Balaban J connectivity index is 1.68. The van der Waals surface area contributed by atoms with Gasteiger partial charge in [-0.1, -0.05) is 24.1 Å². The van der Waals surface area contributed by atoms with Crippen LogP contribution < -0.4 is 5.73 Å². The molecule has 4 atom stereocenters. The van der Waals surface area contributed by atoms with E-state index in [-0.39, 0.29) is 6.04 Å². The quantitative estimate of drug-likeness (QED) is 0.827. The van der Waals surface area contributed by atoms with Crippen molar-refractivity contribution in [3.63, 3.8) is 0 Å². The fourth-order valence-electron chi connectivity index (χ4n) is 4.39. The lowest BCUT2D eigenvalue weighted by molar-refractivity contribution is 0.176. The predicted molar refractivity (Wildman–Crippen MR) is 92.5 cm³/mol. The van der Waals surface area contributed by atoms with Gasteiger partial charge in [-0.15, -0.1) is 0 Å². The Morgan fingerprint density at radius 1 is 1.38 bits per heavy atom. The van der Waals surface area contributed by atoms with E-state index in [2.05, 4.69) is 40.0 Å². The molecule has 2 aliphatic rings. The summed E-state index contributed by atoms with van der Waals surface area (Å²) in [5.74, 6) is 2.85. The van der Waals surface area contributed by atoms with E-state index < -0.39 is 0 Å². The van der Waals surface area contributed by atoms with Gasteiger partial charge in [-0.25, -0.2) is 0 Å². The summed E-state index contributed by atoms with van der Waals surface area (Å²) in [6.45, 7) is 1.81. The first-order chi connectivity index (χ1) is 10.1. The van der Waals surface area contributed by atoms with Gasteiger partial charge in [0.1, 0.15) is 0 Å². The van der Waals surface area contributed by atoms with Crippen LogP contribution in [0.1, 0.15) is 37.3 Å². The number of nitrogens with zero attached hydrogens (tertiary/aromatic N) is 1. The summed E-state index contributed by atoms with van der Waals surface area (Å²) in [5, 5.41) is 0.755. The first-order valence-electron chi connectivity index (χ1n) is 7.93. The average molecular weight is 372 g/mol. The van der Waals surface area contributed by atoms with Crippen molar-refractivity contribution in [2.45, 2.75) is 31.7 Å². The van der Waals surface area contributed by atoms with Gasteiger partial charge in [0.15, 0.2) is 0 Å². The standard InChI is InChI=1S/C17H24BrClN2/c1-21(10-14-7-11-2-3-12(14)6-11)17(9-20)13-4-5-16(19)15(18)8-13/h4-5,8,11-12,14,17H,2-3,6-7,9-10,20H2,1H3. The molecular weight excluding hydrogens is 348 g/mol. The molecule has 2 fully saturated rings. The van der Waals surface area contributed by atoms with E-state index in [1.54, 1.807) is 0 Å². The van der Waals surface area contributed by atoms with Crippen LogP contribution in [0, 0.1) is 17.8 Å². The van der Waals surface area contributed by atoms with Gasteiger partial charge >= 0.3 is 0 Å². The zero-order valence-corrected chi connectivity index (χ0v) is 14.9. The molecule has 4 heteroatoms. The molecule has 0 aliphatic heterocycles. The highest BCUT2D eigenvalue weighted by Gasteiger charge is 2.40. The SMILES string of the molecule is CN(CC1CC2CCC1C2)C(CN)c1ccc(Cl)c(Br)c1. The second-order valence-electron chi connectivity index (χ2n) is 6.80. The Kier molecular flexibility index (Phi) is 4.94. The highest BCUT2D eigenvalue weighted by atomic mass is 79.9. The van der Waals surface area contributed by atoms with Gasteiger partial charge in [0, 0.05) is 23.6 Å². The van der Waals surface area contributed by atoms with Gasteiger partial charge in [-0.2, -0.15) is 0 Å². The summed E-state index contributed by atoms with van der Waals surface area (Å²) in [7, 11) is 2.21. The van der Waals surface area contributed by atoms with Crippen LogP contribution in [0.3, 0.4) is 0 Å². The van der Waals surface area contributed by atoms with E-state index in [9.17, 15) is 0 Å². The van der Waals surface area contributed by atoms with Gasteiger partial charge < -0.3 is 5.73 Å². The van der Waals surface area contributed by atoms with Crippen LogP contribution in [0.5, 0.6) is 0 Å². The molecule has 1 aromatic rings. The van der Waals surface area contributed by atoms with Crippen molar-refractivity contribution < 1.29 is 0 Å². The monoisotopic (exact) mass is 370 g/mol. The van der Waals surface area contributed by atoms with E-state index in [0.717, 1.165) is 27.2 Å². The number of hydrogen-bond donors (Lipinski definition) is 1. The Hall–Kier alpha value is -0.0900. The molecule has 2 nitrogen and oxygen atoms in total. The number of hydrogen-bond acceptors (Lipinski definition) is 2. The van der Waals surface area contributed by atoms with Crippen LogP contribution in [-0.2, 0) is 0 Å². The molecule has 0 saturated heterocycles. The summed E-state index contributed by atoms with van der Waals surface area (Å²) in [6, 6.07) is 6.44. The molecule has 4 unspecified atom stereocenters. The van der Waals surface area contributed by atoms with Crippen molar-refractivity contribution >= 4 is 27.5 Å². The van der Waals surface area contributed by atoms with Crippen molar-refractivity contribution in [2.75, 3.05) is 20.1 Å². The van der Waals surface area contributed by atoms with Gasteiger partial charge in [-0.05, 0) is 77.7 Å². The largest absolute Gasteiger partial charge is 0.329 e. The van der Waals surface area contributed by atoms with E-state index >= 15 is 0 Å². The van der Waals surface area contributed by atoms with E-state index in [1.807, 2.05) is 6.07 Å². The summed E-state index contributed by atoms with van der Waals surface area (Å²) in [5.41, 5.74) is 7.30. The molecule has 1 aromatic carbocycles. The minimum absolute atomic E-state index is 0.276. The third kappa shape index (κ3) is 3.31. The van der Waals surface area contributed by atoms with Crippen LogP contribution >= 0.6 is 27.5 Å². The van der Waals surface area contributed by atoms with Gasteiger partial charge in [0.2, 0.25) is 0 Å². The second kappa shape index (κ2) is 6.57. The topological polar surface area (TPSA) is 29.3 Å². The van der Waals surface area contributed by atoms with Crippen molar-refractivity contribution in [1.29, 1.82) is 0 Å². The first kappa shape index (κ1) is 15.8. The molecule has 21 heavy (non-hydrogen) atoms. The Labute approximate surface area is 141 Å². The van der Waals surface area contributed by atoms with E-state index in [4.69, 9.17) is 17.3 Å². The Bertz CT molecular complexity index is 508. The minimum atomic E-state index is 0.276. The fraction of sp³-hybridized carbons (Fsp3) is 0.647. The third-order valence-electron chi connectivity index (χ3n) is 5.49. The summed E-state index contributed by atoms with van der Waals surface area (Å²) in [6.07, 6.45) is 5.81. The molecule has 2 aliphatic carbocycles. The van der Waals surface area contributed by atoms with Crippen LogP contribution in [0.15, 0.2) is 22.7 Å². The van der Waals surface area contributed by atoms with Crippen molar-refractivity contribution in [2.24, 2.45) is 23.5 Å². The fourth-order valence-corrected chi connectivity index (χ4v) is 4.90. The smallest absolute Gasteiger partial charge is 0.0548 e. The molecule has 0 heterocycles. The van der Waals surface area contributed by atoms with Gasteiger partial charge in [0.05, 0.1) is 5.02 Å². The second-order valence-corrected chi connectivity index (χ2v) is 8.06. The number of nitrogens with two attached hydrogens (primary N) is 1. The van der Waals surface area contributed by atoms with Crippen molar-refractivity contribution in [3.05, 3.63) is 33.3 Å². The molecule has 0 aromatic heterocycles. The molecule has 0 amide bonds. The molecule has 0 radical (unpaired) electrons. The molecule has 2 N–H and O–H groups in total. The maximum absolute atomic E-state index is 6.10. The molecule has 2 bridgehead atoms. The van der Waals surface area contributed by atoms with Gasteiger partial charge in [0.25, 0.3) is 0 Å². The number of rotatable bonds is 5. The number of likely N-dealkylation sites (N-methyl/N-ethyl adjacent to an activating group) is 1. The minimum Gasteiger partial charge on any atom is -0.329 e. The zero-order chi connectivity index (χ0) is 15.0. The molecule has 3 rings (SSSR count). The lowest BCUT2D eigenvalue weighted by Crippen LogP contribution is -2.35. The number of benzene rings is 1. The van der Waals surface area contributed by atoms with Crippen molar-refractivity contribution in [3.8, 4) is 0 Å². The highest BCUT2D eigenvalue weighted by molar-refractivity contribution is 9.10. The summed E-state index contributed by atoms with van der Waals surface area (Å²) in [4.78, 5) is 2.45. The number of fused-ring (bicyclic) bond motifs is 2. The normalized spacial score (nSPS) is 29.3. The zero-order valence-electron chi connectivity index (χ0n) is 12.6. The summed E-state index contributed by atoms with van der Waals surface area (Å²) >= 11 is 9.61. The third-order valence-corrected chi connectivity index (χ3v) is 6.70. The molecule has 116 valence electrons. The maximum atomic E-state index is 6.10. The van der Waals surface area contributed by atoms with E-state index in [0.29, 0.717) is 6.54 Å².